The van der Waals surface area contributed by atoms with Gasteiger partial charge in [0, 0.05) is 19.3 Å². The number of rotatable bonds is 2. The predicted octanol–water partition coefficient (Wildman–Crippen LogP) is 0.263. The minimum absolute atomic E-state index is 0.00825. The van der Waals surface area contributed by atoms with Crippen molar-refractivity contribution in [3.63, 3.8) is 0 Å². The Morgan fingerprint density at radius 1 is 1.36 bits per heavy atom. The largest absolute Gasteiger partial charge is 0.409 e. The number of ether oxygens (including phenoxy) is 1. The topological polar surface area (TPSA) is 50.4 Å². The third kappa shape index (κ3) is 2.03. The molecule has 0 bridgehead atoms. The molecule has 14 heavy (non-hydrogen) atoms. The zero-order valence-electron chi connectivity index (χ0n) is 7.69. The van der Waals surface area contributed by atoms with Gasteiger partial charge in [0.1, 0.15) is 0 Å². The van der Waals surface area contributed by atoms with Crippen molar-refractivity contribution in [2.24, 2.45) is 5.92 Å². The lowest BCUT2D eigenvalue weighted by molar-refractivity contribution is -0.146. The zero-order chi connectivity index (χ0) is 9.80. The van der Waals surface area contributed by atoms with Gasteiger partial charge in [-0.25, -0.2) is 0 Å². The Labute approximate surface area is 82.3 Å². The second-order valence-electron chi connectivity index (χ2n) is 3.20. The quantitative estimate of drug-likeness (QED) is 0.616. The van der Waals surface area contributed by atoms with Crippen LogP contribution in [0, 0.1) is 5.92 Å². The highest BCUT2D eigenvalue weighted by Gasteiger charge is 2.27. The minimum Gasteiger partial charge on any atom is -0.409 e. The van der Waals surface area contributed by atoms with Crippen molar-refractivity contribution in [2.75, 3.05) is 13.1 Å². The Morgan fingerprint density at radius 3 is 2.93 bits per heavy atom. The number of allylic oxidation sites excluding steroid dienone is 4. The summed E-state index contributed by atoms with van der Waals surface area (Å²) in [6.45, 7) is 1.44. The van der Waals surface area contributed by atoms with Gasteiger partial charge in [-0.3, -0.25) is 4.79 Å². The maximum absolute atomic E-state index is 11.4. The standard InChI is InChI=1S/C10H12N2O2/c13-10(8-6-11-7-8)14-9-4-2-1-3-5-12-9/h1-5,8,11-12H,6-7H2. The zero-order valence-corrected chi connectivity index (χ0v) is 7.69. The van der Waals surface area contributed by atoms with Crippen LogP contribution in [-0.2, 0) is 9.53 Å². The normalized spacial score (nSPS) is 20.4. The van der Waals surface area contributed by atoms with Gasteiger partial charge in [-0.15, -0.1) is 0 Å². The van der Waals surface area contributed by atoms with Crippen LogP contribution in [-0.4, -0.2) is 19.1 Å². The van der Waals surface area contributed by atoms with Gasteiger partial charge in [0.05, 0.1) is 5.92 Å². The van der Waals surface area contributed by atoms with E-state index in [-0.39, 0.29) is 11.9 Å². The molecule has 2 N–H and O–H groups in total. The Hall–Kier alpha value is -1.55. The lowest BCUT2D eigenvalue weighted by Gasteiger charge is -2.25. The smallest absolute Gasteiger partial charge is 0.318 e. The summed E-state index contributed by atoms with van der Waals surface area (Å²) in [5.74, 6) is 0.312. The van der Waals surface area contributed by atoms with E-state index in [1.807, 2.05) is 18.2 Å². The molecule has 2 rings (SSSR count). The number of hydrogen-bond donors (Lipinski definition) is 2. The molecule has 0 aromatic carbocycles. The average molecular weight is 192 g/mol. The van der Waals surface area contributed by atoms with Gasteiger partial charge in [0.25, 0.3) is 0 Å². The van der Waals surface area contributed by atoms with E-state index in [1.54, 1.807) is 12.3 Å². The van der Waals surface area contributed by atoms with E-state index in [0.717, 1.165) is 13.1 Å². The number of carbonyl (C=O) groups excluding carboxylic acids is 1. The van der Waals surface area contributed by atoms with E-state index in [1.165, 1.54) is 0 Å². The highest BCUT2D eigenvalue weighted by Crippen LogP contribution is 2.08. The summed E-state index contributed by atoms with van der Waals surface area (Å²) in [6, 6.07) is 0. The molecule has 0 atom stereocenters. The lowest BCUT2D eigenvalue weighted by atomic mass is 10.0. The molecular formula is C10H12N2O2. The monoisotopic (exact) mass is 192 g/mol. The average Bonchev–Trinajstić information content (AvgIpc) is 2.29. The highest BCUT2D eigenvalue weighted by molar-refractivity contribution is 5.75. The first-order valence-electron chi connectivity index (χ1n) is 4.59. The number of hydrogen-bond acceptors (Lipinski definition) is 4. The molecule has 4 heteroatoms. The van der Waals surface area contributed by atoms with Crippen LogP contribution in [0.5, 0.6) is 0 Å². The van der Waals surface area contributed by atoms with Crippen LogP contribution in [0.1, 0.15) is 0 Å². The second kappa shape index (κ2) is 4.11. The fourth-order valence-corrected chi connectivity index (χ4v) is 1.15. The van der Waals surface area contributed by atoms with E-state index in [9.17, 15) is 4.79 Å². The molecule has 0 radical (unpaired) electrons. The van der Waals surface area contributed by atoms with Crippen LogP contribution in [0.4, 0.5) is 0 Å². The molecule has 0 amide bonds. The molecule has 1 saturated heterocycles. The second-order valence-corrected chi connectivity index (χ2v) is 3.20. The summed E-state index contributed by atoms with van der Waals surface area (Å²) in [4.78, 5) is 11.4. The molecule has 74 valence electrons. The van der Waals surface area contributed by atoms with Crippen molar-refractivity contribution in [3.05, 3.63) is 36.4 Å². The van der Waals surface area contributed by atoms with Gasteiger partial charge in [-0.1, -0.05) is 12.2 Å². The van der Waals surface area contributed by atoms with Crippen LogP contribution in [0.15, 0.2) is 36.4 Å². The van der Waals surface area contributed by atoms with E-state index < -0.39 is 0 Å². The lowest BCUT2D eigenvalue weighted by Crippen LogP contribution is -2.47. The molecule has 0 spiro atoms. The first kappa shape index (κ1) is 9.02. The van der Waals surface area contributed by atoms with E-state index in [2.05, 4.69) is 10.6 Å². The predicted molar refractivity (Wildman–Crippen MR) is 52.0 cm³/mol. The summed E-state index contributed by atoms with van der Waals surface area (Å²) in [7, 11) is 0. The Balaban J connectivity index is 1.89. The summed E-state index contributed by atoms with van der Waals surface area (Å²) in [5, 5.41) is 5.89. The summed E-state index contributed by atoms with van der Waals surface area (Å²) >= 11 is 0. The van der Waals surface area contributed by atoms with Crippen LogP contribution in [0.3, 0.4) is 0 Å². The third-order valence-electron chi connectivity index (χ3n) is 2.12. The fraction of sp³-hybridized carbons (Fsp3) is 0.300. The van der Waals surface area contributed by atoms with Gasteiger partial charge < -0.3 is 15.4 Å². The first-order valence-corrected chi connectivity index (χ1v) is 4.59. The molecule has 0 aromatic rings. The number of carbonyl (C=O) groups is 1. The Morgan fingerprint density at radius 2 is 2.21 bits per heavy atom. The summed E-state index contributed by atoms with van der Waals surface area (Å²) in [6.07, 6.45) is 8.96. The molecule has 2 aliphatic rings. The third-order valence-corrected chi connectivity index (χ3v) is 2.12. The molecule has 1 fully saturated rings. The molecule has 2 aliphatic heterocycles. The fourth-order valence-electron chi connectivity index (χ4n) is 1.15. The van der Waals surface area contributed by atoms with Crippen LogP contribution in [0.2, 0.25) is 0 Å². The molecule has 2 heterocycles. The van der Waals surface area contributed by atoms with Gasteiger partial charge >= 0.3 is 5.97 Å². The van der Waals surface area contributed by atoms with E-state index >= 15 is 0 Å². The van der Waals surface area contributed by atoms with Crippen molar-refractivity contribution >= 4 is 5.97 Å². The van der Waals surface area contributed by atoms with Crippen molar-refractivity contribution in [3.8, 4) is 0 Å². The molecule has 0 aliphatic carbocycles. The maximum atomic E-state index is 11.4. The minimum atomic E-state index is -0.175. The Bertz CT molecular complexity index is 314. The molecule has 4 nitrogen and oxygen atoms in total. The van der Waals surface area contributed by atoms with Crippen molar-refractivity contribution in [1.29, 1.82) is 0 Å². The van der Waals surface area contributed by atoms with Crippen molar-refractivity contribution in [1.82, 2.24) is 10.6 Å². The number of esters is 1. The van der Waals surface area contributed by atoms with Crippen molar-refractivity contribution in [2.45, 2.75) is 0 Å². The molecule has 0 aromatic heterocycles. The van der Waals surface area contributed by atoms with Gasteiger partial charge in [-0.2, -0.15) is 0 Å². The molecular weight excluding hydrogens is 180 g/mol. The first-order chi connectivity index (χ1) is 6.86. The van der Waals surface area contributed by atoms with Crippen LogP contribution < -0.4 is 10.6 Å². The van der Waals surface area contributed by atoms with Crippen LogP contribution >= 0.6 is 0 Å². The van der Waals surface area contributed by atoms with Crippen molar-refractivity contribution < 1.29 is 9.53 Å². The van der Waals surface area contributed by atoms with Gasteiger partial charge in [0.15, 0.2) is 0 Å². The molecule has 0 saturated carbocycles. The van der Waals surface area contributed by atoms with Crippen LogP contribution in [0.25, 0.3) is 0 Å². The summed E-state index contributed by atoms with van der Waals surface area (Å²) < 4.78 is 5.14. The van der Waals surface area contributed by atoms with Gasteiger partial charge in [0.2, 0.25) is 5.88 Å². The van der Waals surface area contributed by atoms with Gasteiger partial charge in [-0.05, 0) is 12.2 Å². The highest BCUT2D eigenvalue weighted by atomic mass is 16.5. The van der Waals surface area contributed by atoms with E-state index in [4.69, 9.17) is 4.74 Å². The molecule has 0 unspecified atom stereocenters. The SMILES string of the molecule is O=C(OC1=CC=CC=CN1)C1CNC1. The Kier molecular flexibility index (Phi) is 2.65. The number of nitrogens with one attached hydrogen (secondary N) is 2. The maximum Gasteiger partial charge on any atom is 0.318 e. The summed E-state index contributed by atoms with van der Waals surface area (Å²) in [5.41, 5.74) is 0. The van der Waals surface area contributed by atoms with E-state index in [0.29, 0.717) is 5.88 Å².